The van der Waals surface area contributed by atoms with Gasteiger partial charge in [0, 0.05) is 33.0 Å². The summed E-state index contributed by atoms with van der Waals surface area (Å²) in [4.78, 5) is 123. The van der Waals surface area contributed by atoms with E-state index in [0.717, 1.165) is 16.0 Å². The Labute approximate surface area is 389 Å². The number of carboxylic acid groups (broad SMARTS) is 2. The van der Waals surface area contributed by atoms with E-state index in [9.17, 15) is 53.4 Å². The minimum atomic E-state index is -1.88. The highest BCUT2D eigenvalue weighted by atomic mass is 16.5. The van der Waals surface area contributed by atoms with E-state index >= 15 is 0 Å². The first-order valence-corrected chi connectivity index (χ1v) is 21.7. The molecule has 0 unspecified atom stereocenters. The molecule has 1 aliphatic heterocycles. The number of likely N-dealkylation sites (N-methyl/N-ethyl adjacent to an activating group) is 1. The van der Waals surface area contributed by atoms with Gasteiger partial charge in [0.25, 0.3) is 5.91 Å². The number of carbonyl (C=O) groups is 9. The van der Waals surface area contributed by atoms with Gasteiger partial charge >= 0.3 is 11.9 Å². The fraction of sp³-hybridized carbons (Fsp3) is 0.511. The molecule has 0 saturated carbocycles. The molecule has 0 radical (unpaired) electrons. The molecule has 368 valence electrons. The molecule has 0 spiro atoms. The van der Waals surface area contributed by atoms with Crippen molar-refractivity contribution in [1.29, 1.82) is 0 Å². The van der Waals surface area contributed by atoms with Crippen molar-refractivity contribution in [3.05, 3.63) is 72.0 Å². The average molecular weight is 939 g/mol. The van der Waals surface area contributed by atoms with E-state index in [1.165, 1.54) is 33.9 Å². The van der Waals surface area contributed by atoms with Crippen LogP contribution in [-0.4, -0.2) is 138 Å². The molecule has 1 fully saturated rings. The number of methoxy groups -OCH3 is 1. The van der Waals surface area contributed by atoms with Gasteiger partial charge in [-0.3, -0.25) is 38.6 Å². The minimum absolute atomic E-state index is 0.0202. The standard InChI is InChI=1S/C45H66N10O12/c1-24(21-25(2)34(67-8)22-30-13-10-9-11-14-30)16-17-31-26(3)38(58)53-33(43(63)64)18-19-36(57)55(7)29(6)41(61)49-23-35(56)51-32(15-12-20-48-45(46)47)42(62)54-37(44(65)66)27(4)39(59)50-28(5)40(60)52-31/h9-11,13-14,16-17,21,25-28,31-34,37H,6,12,15,18-20,22-23H2,1-5,7-8H3,(H,49,61)(H,50,59)(H,51,56)(H,52,60)(H,53,58)(H,54,62)(H,63,64)(H,65,66)(H4,46,47,48)/b17-16+,24-21+/t25-,26-,27-,28-,31-,32-,33+,34-,37+/m0/s1. The molecule has 0 aliphatic carbocycles. The van der Waals surface area contributed by atoms with E-state index in [0.29, 0.717) is 6.42 Å². The van der Waals surface area contributed by atoms with Crippen LogP contribution in [0.3, 0.4) is 0 Å². The number of nitrogens with two attached hydrogens (primary N) is 2. The Morgan fingerprint density at radius 1 is 0.910 bits per heavy atom. The Morgan fingerprint density at radius 2 is 1.55 bits per heavy atom. The van der Waals surface area contributed by atoms with Gasteiger partial charge in [-0.15, -0.1) is 0 Å². The van der Waals surface area contributed by atoms with Gasteiger partial charge in [-0.1, -0.05) is 81.5 Å². The molecule has 1 heterocycles. The molecule has 22 nitrogen and oxygen atoms in total. The van der Waals surface area contributed by atoms with E-state index in [2.05, 4.69) is 43.5 Å². The summed E-state index contributed by atoms with van der Waals surface area (Å²) in [5.41, 5.74) is 12.1. The predicted octanol–water partition coefficient (Wildman–Crippen LogP) is -0.796. The zero-order valence-corrected chi connectivity index (χ0v) is 39.0. The molecule has 1 aliphatic rings. The number of benzene rings is 1. The second-order valence-corrected chi connectivity index (χ2v) is 16.3. The number of rotatable bonds is 13. The number of carbonyl (C=O) groups excluding carboxylic acids is 7. The highest BCUT2D eigenvalue weighted by Crippen LogP contribution is 2.18. The lowest BCUT2D eigenvalue weighted by atomic mass is 9.94. The SMILES string of the molecule is C=C1C(=O)NCC(=O)N[C@@H](CCCN=C(N)N)C(=O)N[C@@H](C(=O)O)[C@H](C)C(=O)N[C@@H](C)C(=O)N[C@@H](/C=C/C(C)=C/[C@H](C)[C@H](Cc2ccccc2)OC)[C@H](C)C(=O)N[C@@H](C(=O)O)CCC(=O)N1C. The summed E-state index contributed by atoms with van der Waals surface area (Å²) in [6.07, 6.45) is 4.64. The molecule has 9 atom stereocenters. The third-order valence-electron chi connectivity index (χ3n) is 11.1. The largest absolute Gasteiger partial charge is 0.480 e. The molecule has 22 heteroatoms. The van der Waals surface area contributed by atoms with Crippen LogP contribution in [0.15, 0.2) is 71.4 Å². The Balaban J connectivity index is 2.56. The van der Waals surface area contributed by atoms with Crippen molar-refractivity contribution in [1.82, 2.24) is 36.8 Å². The fourth-order valence-corrected chi connectivity index (χ4v) is 6.75. The van der Waals surface area contributed by atoms with Crippen molar-refractivity contribution < 1.29 is 58.1 Å². The van der Waals surface area contributed by atoms with Crippen molar-refractivity contribution in [2.45, 2.75) is 103 Å². The van der Waals surface area contributed by atoms with Gasteiger partial charge in [0.1, 0.15) is 29.9 Å². The van der Waals surface area contributed by atoms with Crippen LogP contribution in [0.25, 0.3) is 0 Å². The molecule has 12 N–H and O–H groups in total. The van der Waals surface area contributed by atoms with Crippen LogP contribution in [-0.2, 0) is 54.3 Å². The first-order chi connectivity index (χ1) is 31.5. The third-order valence-corrected chi connectivity index (χ3v) is 11.1. The number of aliphatic carboxylic acids is 2. The molecule has 2 rings (SSSR count). The van der Waals surface area contributed by atoms with Gasteiger partial charge in [-0.25, -0.2) is 9.59 Å². The van der Waals surface area contributed by atoms with Crippen molar-refractivity contribution in [3.63, 3.8) is 0 Å². The second-order valence-electron chi connectivity index (χ2n) is 16.3. The van der Waals surface area contributed by atoms with Crippen LogP contribution in [0.5, 0.6) is 0 Å². The van der Waals surface area contributed by atoms with Gasteiger partial charge < -0.3 is 63.2 Å². The lowest BCUT2D eigenvalue weighted by Gasteiger charge is -2.27. The van der Waals surface area contributed by atoms with Crippen LogP contribution >= 0.6 is 0 Å². The molecule has 1 saturated heterocycles. The second kappa shape index (κ2) is 27.4. The molecule has 7 amide bonds. The van der Waals surface area contributed by atoms with Crippen LogP contribution in [0.2, 0.25) is 0 Å². The van der Waals surface area contributed by atoms with E-state index in [1.807, 2.05) is 43.3 Å². The number of hydrogen-bond acceptors (Lipinski definition) is 11. The lowest BCUT2D eigenvalue weighted by Crippen LogP contribution is -2.58. The summed E-state index contributed by atoms with van der Waals surface area (Å²) >= 11 is 0. The monoisotopic (exact) mass is 938 g/mol. The summed E-state index contributed by atoms with van der Waals surface area (Å²) in [6.45, 7) is 10.6. The summed E-state index contributed by atoms with van der Waals surface area (Å²) in [7, 11) is 2.81. The molecule has 0 aromatic heterocycles. The fourth-order valence-electron chi connectivity index (χ4n) is 6.75. The number of guanidine groups is 1. The highest BCUT2D eigenvalue weighted by molar-refractivity contribution is 5.99. The van der Waals surface area contributed by atoms with Gasteiger partial charge in [-0.05, 0) is 45.1 Å². The van der Waals surface area contributed by atoms with Crippen LogP contribution in [0.4, 0.5) is 0 Å². The Bertz CT molecular complexity index is 2060. The number of aliphatic imine (C=N–C) groups is 1. The number of amides is 7. The molecule has 1 aromatic carbocycles. The summed E-state index contributed by atoms with van der Waals surface area (Å²) in [6, 6.07) is 2.38. The topological polar surface area (TPSA) is 343 Å². The third kappa shape index (κ3) is 18.7. The first kappa shape index (κ1) is 56.0. The zero-order valence-electron chi connectivity index (χ0n) is 39.0. The Kier molecular flexibility index (Phi) is 22.9. The highest BCUT2D eigenvalue weighted by Gasteiger charge is 2.36. The lowest BCUT2D eigenvalue weighted by molar-refractivity contribution is -0.146. The Hall–Kier alpha value is -7.10. The maximum absolute atomic E-state index is 13.7. The van der Waals surface area contributed by atoms with Crippen LogP contribution < -0.4 is 43.4 Å². The summed E-state index contributed by atoms with van der Waals surface area (Å²) in [5, 5.41) is 34.6. The van der Waals surface area contributed by atoms with E-state index in [-0.39, 0.29) is 37.4 Å². The number of ether oxygens (including phenoxy) is 1. The molecular formula is C45H66N10O12. The van der Waals surface area contributed by atoms with Crippen molar-refractivity contribution in [3.8, 4) is 0 Å². The predicted molar refractivity (Wildman–Crippen MR) is 246 cm³/mol. The minimum Gasteiger partial charge on any atom is -0.480 e. The van der Waals surface area contributed by atoms with Gasteiger partial charge in [-0.2, -0.15) is 0 Å². The Morgan fingerprint density at radius 3 is 2.15 bits per heavy atom. The first-order valence-electron chi connectivity index (χ1n) is 21.7. The van der Waals surface area contributed by atoms with Crippen LogP contribution in [0.1, 0.15) is 65.9 Å². The zero-order chi connectivity index (χ0) is 50.5. The van der Waals surface area contributed by atoms with Gasteiger partial charge in [0.2, 0.25) is 35.4 Å². The number of allylic oxidation sites excluding steroid dienone is 2. The van der Waals surface area contributed by atoms with E-state index in [1.54, 1.807) is 20.1 Å². The summed E-state index contributed by atoms with van der Waals surface area (Å²) in [5.74, 6) is -12.4. The quantitative estimate of drug-likeness (QED) is 0.0381. The van der Waals surface area contributed by atoms with Crippen molar-refractivity contribution in [2.24, 2.45) is 34.2 Å². The molecule has 0 bridgehead atoms. The van der Waals surface area contributed by atoms with Gasteiger partial charge in [0.05, 0.1) is 30.5 Å². The molecule has 1 aromatic rings. The molecule has 67 heavy (non-hydrogen) atoms. The van der Waals surface area contributed by atoms with Crippen LogP contribution in [0, 0.1) is 17.8 Å². The smallest absolute Gasteiger partial charge is 0.327 e. The van der Waals surface area contributed by atoms with E-state index in [4.69, 9.17) is 16.2 Å². The average Bonchev–Trinajstić information content (AvgIpc) is 3.28. The maximum atomic E-state index is 13.7. The van der Waals surface area contributed by atoms with Crippen molar-refractivity contribution in [2.75, 3.05) is 27.2 Å². The van der Waals surface area contributed by atoms with Gasteiger partial charge in [0.15, 0.2) is 5.96 Å². The normalized spacial score (nSPS) is 24.9. The number of hydrogen-bond donors (Lipinski definition) is 10. The van der Waals surface area contributed by atoms with E-state index < -0.39 is 120 Å². The number of nitrogens with zero attached hydrogens (tertiary/aromatic N) is 2. The summed E-state index contributed by atoms with van der Waals surface area (Å²) < 4.78 is 5.78. The number of carboxylic acids is 2. The maximum Gasteiger partial charge on any atom is 0.327 e. The van der Waals surface area contributed by atoms with Crippen molar-refractivity contribution >= 4 is 59.2 Å². The number of nitrogens with one attached hydrogen (secondary N) is 6. The molecular weight excluding hydrogens is 873 g/mol.